The summed E-state index contributed by atoms with van der Waals surface area (Å²) < 4.78 is 0. The van der Waals surface area contributed by atoms with Crippen LogP contribution < -0.4 is 0 Å². The molecule has 0 radical (unpaired) electrons. The second kappa shape index (κ2) is 8.63. The van der Waals surface area contributed by atoms with Crippen molar-refractivity contribution in [3.8, 4) is 0 Å². The molecule has 0 heterocycles. The second-order valence-electron chi connectivity index (χ2n) is 4.12. The minimum atomic E-state index is 0.289. The molecule has 0 spiro atoms. The number of hydrogen-bond donors (Lipinski definition) is 1. The van der Waals surface area contributed by atoms with Gasteiger partial charge in [-0.2, -0.15) is 0 Å². The van der Waals surface area contributed by atoms with Gasteiger partial charge in [-0.15, -0.1) is 0 Å². The largest absolute Gasteiger partial charge is 0.513 e. The van der Waals surface area contributed by atoms with Gasteiger partial charge in [-0.25, -0.2) is 0 Å². The lowest BCUT2D eigenvalue weighted by molar-refractivity contribution is 0.389. The van der Waals surface area contributed by atoms with Gasteiger partial charge in [0.15, 0.2) is 0 Å². The van der Waals surface area contributed by atoms with Crippen molar-refractivity contribution < 1.29 is 5.11 Å². The molecule has 0 aliphatic rings. The van der Waals surface area contributed by atoms with E-state index in [1.54, 1.807) is 0 Å². The van der Waals surface area contributed by atoms with Crippen LogP contribution in [0.15, 0.2) is 36.6 Å². The van der Waals surface area contributed by atoms with Gasteiger partial charge in [0.1, 0.15) is 0 Å². The van der Waals surface area contributed by atoms with E-state index in [2.05, 4.69) is 50.8 Å². The van der Waals surface area contributed by atoms with Gasteiger partial charge in [0.25, 0.3) is 0 Å². The van der Waals surface area contributed by atoms with E-state index < -0.39 is 0 Å². The quantitative estimate of drug-likeness (QED) is 0.711. The molecule has 94 valence electrons. The first kappa shape index (κ1) is 15.5. The van der Waals surface area contributed by atoms with Crippen LogP contribution in [0.25, 0.3) is 6.08 Å². The zero-order valence-electron chi connectivity index (χ0n) is 11.5. The Morgan fingerprint density at radius 1 is 1.29 bits per heavy atom. The summed E-state index contributed by atoms with van der Waals surface area (Å²) in [6, 6.07) is 6.38. The van der Waals surface area contributed by atoms with Crippen LogP contribution in [0.4, 0.5) is 0 Å². The molecule has 0 amide bonds. The van der Waals surface area contributed by atoms with E-state index in [4.69, 9.17) is 5.11 Å². The van der Waals surface area contributed by atoms with Crippen LogP contribution in [0.2, 0.25) is 0 Å². The van der Waals surface area contributed by atoms with E-state index in [1.165, 1.54) is 16.7 Å². The summed E-state index contributed by atoms with van der Waals surface area (Å²) >= 11 is 0. The molecule has 0 bridgehead atoms. The van der Waals surface area contributed by atoms with Crippen molar-refractivity contribution in [1.29, 1.82) is 0 Å². The topological polar surface area (TPSA) is 20.2 Å². The number of aliphatic hydroxyl groups excluding tert-OH is 1. The Morgan fingerprint density at radius 2 is 1.82 bits per heavy atom. The third-order valence-corrected chi connectivity index (χ3v) is 2.41. The molecule has 0 unspecified atom stereocenters. The summed E-state index contributed by atoms with van der Waals surface area (Å²) in [6.07, 6.45) is 5.95. The fraction of sp³-hybridized carbons (Fsp3) is 0.375. The van der Waals surface area contributed by atoms with E-state index in [-0.39, 0.29) is 5.76 Å². The molecule has 17 heavy (non-hydrogen) atoms. The van der Waals surface area contributed by atoms with Gasteiger partial charge in [0, 0.05) is 6.42 Å². The fourth-order valence-corrected chi connectivity index (χ4v) is 1.55. The molecule has 1 nitrogen and oxygen atoms in total. The SMILES string of the molecule is C/C=C\c1c(C)cccc1C.C=C(O)CCC. The molecule has 1 rings (SSSR count). The highest BCUT2D eigenvalue weighted by molar-refractivity contribution is 5.57. The predicted molar refractivity (Wildman–Crippen MR) is 77.3 cm³/mol. The minimum absolute atomic E-state index is 0.289. The van der Waals surface area contributed by atoms with Crippen LogP contribution in [-0.2, 0) is 0 Å². The van der Waals surface area contributed by atoms with Gasteiger partial charge in [0.2, 0.25) is 0 Å². The molecule has 0 saturated carbocycles. The molecule has 0 aliphatic heterocycles. The summed E-state index contributed by atoms with van der Waals surface area (Å²) in [7, 11) is 0. The number of benzene rings is 1. The van der Waals surface area contributed by atoms with Crippen molar-refractivity contribution in [2.24, 2.45) is 0 Å². The molecule has 0 atom stereocenters. The van der Waals surface area contributed by atoms with Crippen molar-refractivity contribution in [3.05, 3.63) is 53.3 Å². The molecule has 1 aromatic rings. The standard InChI is InChI=1S/C11H14.C5H10O/c1-4-6-11-9(2)7-5-8-10(11)3;1-3-4-5(2)6/h4-8H,1-3H3;6H,2-4H2,1H3/b6-4-;. The maximum atomic E-state index is 8.36. The molecular formula is C16H24O. The average Bonchev–Trinajstić information content (AvgIpc) is 2.24. The van der Waals surface area contributed by atoms with Gasteiger partial charge in [-0.3, -0.25) is 0 Å². The number of allylic oxidation sites excluding steroid dienone is 2. The van der Waals surface area contributed by atoms with E-state index in [0.717, 1.165) is 12.8 Å². The summed E-state index contributed by atoms with van der Waals surface area (Å²) in [5.74, 6) is 0.289. The lowest BCUT2D eigenvalue weighted by Gasteiger charge is -2.02. The van der Waals surface area contributed by atoms with Gasteiger partial charge < -0.3 is 5.11 Å². The number of aryl methyl sites for hydroxylation is 2. The van der Waals surface area contributed by atoms with Crippen LogP contribution >= 0.6 is 0 Å². The van der Waals surface area contributed by atoms with Crippen LogP contribution in [0, 0.1) is 13.8 Å². The summed E-state index contributed by atoms with van der Waals surface area (Å²) in [4.78, 5) is 0. The normalized spacial score (nSPS) is 9.88. The van der Waals surface area contributed by atoms with Gasteiger partial charge in [-0.1, -0.05) is 43.9 Å². The third kappa shape index (κ3) is 6.62. The van der Waals surface area contributed by atoms with Crippen LogP contribution in [0.1, 0.15) is 43.4 Å². The van der Waals surface area contributed by atoms with Crippen molar-refractivity contribution in [2.45, 2.75) is 40.5 Å². The summed E-state index contributed by atoms with van der Waals surface area (Å²) in [5.41, 5.74) is 4.06. The number of aliphatic hydroxyl groups is 1. The van der Waals surface area contributed by atoms with Crippen molar-refractivity contribution in [1.82, 2.24) is 0 Å². The maximum absolute atomic E-state index is 8.36. The summed E-state index contributed by atoms with van der Waals surface area (Å²) in [5, 5.41) is 8.36. The smallest absolute Gasteiger partial charge is 0.0850 e. The fourth-order valence-electron chi connectivity index (χ4n) is 1.55. The van der Waals surface area contributed by atoms with Gasteiger partial charge in [0.05, 0.1) is 5.76 Å². The van der Waals surface area contributed by atoms with Crippen molar-refractivity contribution in [2.75, 3.05) is 0 Å². The third-order valence-electron chi connectivity index (χ3n) is 2.41. The Bertz CT molecular complexity index is 355. The molecule has 1 N–H and O–H groups in total. The Labute approximate surface area is 106 Å². The van der Waals surface area contributed by atoms with E-state index in [9.17, 15) is 0 Å². The molecule has 0 aliphatic carbocycles. The zero-order chi connectivity index (χ0) is 13.3. The first-order valence-corrected chi connectivity index (χ1v) is 6.08. The summed E-state index contributed by atoms with van der Waals surface area (Å²) in [6.45, 7) is 11.6. The monoisotopic (exact) mass is 232 g/mol. The molecule has 0 saturated heterocycles. The first-order valence-electron chi connectivity index (χ1n) is 6.08. The van der Waals surface area contributed by atoms with Crippen LogP contribution in [0.5, 0.6) is 0 Å². The van der Waals surface area contributed by atoms with E-state index in [0.29, 0.717) is 0 Å². The lowest BCUT2D eigenvalue weighted by Crippen LogP contribution is -1.83. The number of hydrogen-bond acceptors (Lipinski definition) is 1. The maximum Gasteiger partial charge on any atom is 0.0850 e. The second-order valence-corrected chi connectivity index (χ2v) is 4.12. The molecular weight excluding hydrogens is 208 g/mol. The molecule has 1 heteroatoms. The number of rotatable bonds is 3. The highest BCUT2D eigenvalue weighted by atomic mass is 16.3. The Hall–Kier alpha value is -1.50. The van der Waals surface area contributed by atoms with E-state index >= 15 is 0 Å². The molecule has 0 aromatic heterocycles. The Kier molecular flexibility index (Phi) is 7.87. The van der Waals surface area contributed by atoms with E-state index in [1.807, 2.05) is 13.8 Å². The van der Waals surface area contributed by atoms with Crippen LogP contribution in [-0.4, -0.2) is 5.11 Å². The highest BCUT2D eigenvalue weighted by Gasteiger charge is 1.95. The lowest BCUT2D eigenvalue weighted by atomic mass is 10.0. The average molecular weight is 232 g/mol. The zero-order valence-corrected chi connectivity index (χ0v) is 11.5. The van der Waals surface area contributed by atoms with Crippen molar-refractivity contribution >= 4 is 6.08 Å². The predicted octanol–water partition coefficient (Wildman–Crippen LogP) is 5.19. The van der Waals surface area contributed by atoms with Gasteiger partial charge >= 0.3 is 0 Å². The molecule has 0 fully saturated rings. The molecule has 1 aromatic carbocycles. The first-order chi connectivity index (χ1) is 8.02. The minimum Gasteiger partial charge on any atom is -0.513 e. The highest BCUT2D eigenvalue weighted by Crippen LogP contribution is 2.14. The Morgan fingerprint density at radius 3 is 2.12 bits per heavy atom. The van der Waals surface area contributed by atoms with Gasteiger partial charge in [-0.05, 0) is 43.9 Å². The Balaban J connectivity index is 0.000000366. The van der Waals surface area contributed by atoms with Crippen LogP contribution in [0.3, 0.4) is 0 Å². The van der Waals surface area contributed by atoms with Crippen molar-refractivity contribution in [3.63, 3.8) is 0 Å².